The van der Waals surface area contributed by atoms with Gasteiger partial charge in [0.15, 0.2) is 0 Å². The summed E-state index contributed by atoms with van der Waals surface area (Å²) in [5.74, 6) is 0.154. The van der Waals surface area contributed by atoms with Gasteiger partial charge in [-0.15, -0.1) is 11.3 Å². The largest absolute Gasteiger partial charge is 0.366 e. The van der Waals surface area contributed by atoms with Crippen LogP contribution in [-0.4, -0.2) is 36.3 Å². The number of piperidine rings is 1. The minimum absolute atomic E-state index is 0.0838. The van der Waals surface area contributed by atoms with Crippen molar-refractivity contribution in [1.29, 1.82) is 0 Å². The van der Waals surface area contributed by atoms with E-state index >= 15 is 0 Å². The lowest BCUT2D eigenvalue weighted by Crippen LogP contribution is -2.38. The van der Waals surface area contributed by atoms with E-state index in [2.05, 4.69) is 17.1 Å². The highest BCUT2D eigenvalue weighted by atomic mass is 32.1. The Bertz CT molecular complexity index is 464. The van der Waals surface area contributed by atoms with Crippen LogP contribution in [0.2, 0.25) is 0 Å². The van der Waals surface area contributed by atoms with Gasteiger partial charge in [-0.25, -0.2) is 0 Å². The second-order valence-corrected chi connectivity index (χ2v) is 5.95. The van der Waals surface area contributed by atoms with Gasteiger partial charge in [-0.05, 0) is 43.3 Å². The van der Waals surface area contributed by atoms with E-state index in [-0.39, 0.29) is 5.91 Å². The molecule has 1 saturated heterocycles. The molecule has 19 heavy (non-hydrogen) atoms. The Morgan fingerprint density at radius 1 is 1.47 bits per heavy atom. The first-order chi connectivity index (χ1) is 9.06. The van der Waals surface area contributed by atoms with Crippen LogP contribution in [0.1, 0.15) is 30.1 Å². The molecule has 3 N–H and O–H groups in total. The predicted octanol–water partition coefficient (Wildman–Crippen LogP) is 1.52. The lowest BCUT2D eigenvalue weighted by Gasteiger charge is -2.29. The monoisotopic (exact) mass is 281 g/mol. The number of rotatable bonds is 4. The minimum Gasteiger partial charge on any atom is -0.366 e. The maximum atomic E-state index is 11.9. The first-order valence-corrected chi connectivity index (χ1v) is 7.33. The summed E-state index contributed by atoms with van der Waals surface area (Å²) < 4.78 is 0. The van der Waals surface area contributed by atoms with Crippen molar-refractivity contribution >= 4 is 28.2 Å². The van der Waals surface area contributed by atoms with Crippen molar-refractivity contribution < 1.29 is 9.59 Å². The smallest absolute Gasteiger partial charge is 0.251 e. The first-order valence-electron chi connectivity index (χ1n) is 6.45. The van der Waals surface area contributed by atoms with Gasteiger partial charge in [-0.3, -0.25) is 14.5 Å². The molecule has 0 atom stereocenters. The van der Waals surface area contributed by atoms with Gasteiger partial charge >= 0.3 is 0 Å². The molecule has 0 bridgehead atoms. The molecule has 0 saturated carbocycles. The number of anilines is 1. The summed E-state index contributed by atoms with van der Waals surface area (Å²) in [6.07, 6.45) is 2.28. The Morgan fingerprint density at radius 3 is 2.79 bits per heavy atom. The van der Waals surface area contributed by atoms with Gasteiger partial charge in [0.05, 0.1) is 12.1 Å². The number of hydrogen-bond acceptors (Lipinski definition) is 4. The molecule has 1 aliphatic heterocycles. The van der Waals surface area contributed by atoms with E-state index in [1.54, 1.807) is 11.4 Å². The van der Waals surface area contributed by atoms with E-state index in [1.807, 2.05) is 0 Å². The zero-order valence-electron chi connectivity index (χ0n) is 11.0. The maximum absolute atomic E-state index is 11.9. The Kier molecular flexibility index (Phi) is 4.55. The van der Waals surface area contributed by atoms with Gasteiger partial charge in [0.2, 0.25) is 5.91 Å². The first kappa shape index (κ1) is 14.0. The van der Waals surface area contributed by atoms with Crippen molar-refractivity contribution in [2.24, 2.45) is 11.7 Å². The molecule has 0 unspecified atom stereocenters. The van der Waals surface area contributed by atoms with Crippen molar-refractivity contribution in [3.63, 3.8) is 0 Å². The normalized spacial score (nSPS) is 17.3. The molecule has 0 aromatic carbocycles. The van der Waals surface area contributed by atoms with Crippen LogP contribution in [0.25, 0.3) is 0 Å². The van der Waals surface area contributed by atoms with Crippen molar-refractivity contribution in [2.45, 2.75) is 19.8 Å². The second-order valence-electron chi connectivity index (χ2n) is 5.03. The lowest BCUT2D eigenvalue weighted by molar-refractivity contribution is -0.117. The Labute approximate surface area is 116 Å². The van der Waals surface area contributed by atoms with Crippen LogP contribution < -0.4 is 11.1 Å². The SMILES string of the molecule is CC1CCN(CC(=O)Nc2sccc2C(N)=O)CC1. The van der Waals surface area contributed by atoms with Gasteiger partial charge in [0, 0.05) is 0 Å². The second kappa shape index (κ2) is 6.16. The third kappa shape index (κ3) is 3.78. The van der Waals surface area contributed by atoms with E-state index in [4.69, 9.17) is 5.73 Å². The summed E-state index contributed by atoms with van der Waals surface area (Å²) in [7, 11) is 0. The molecule has 0 spiro atoms. The molecule has 6 heteroatoms. The number of hydrogen-bond donors (Lipinski definition) is 2. The summed E-state index contributed by atoms with van der Waals surface area (Å²) >= 11 is 1.32. The topological polar surface area (TPSA) is 75.4 Å². The molecule has 2 rings (SSSR count). The number of nitrogens with two attached hydrogens (primary N) is 1. The average molecular weight is 281 g/mol. The third-order valence-corrected chi connectivity index (χ3v) is 4.26. The highest BCUT2D eigenvalue weighted by Crippen LogP contribution is 2.23. The predicted molar refractivity (Wildman–Crippen MR) is 76.3 cm³/mol. The summed E-state index contributed by atoms with van der Waals surface area (Å²) in [5.41, 5.74) is 5.62. The van der Waals surface area contributed by atoms with Crippen LogP contribution in [0, 0.1) is 5.92 Å². The van der Waals surface area contributed by atoms with Crippen LogP contribution >= 0.6 is 11.3 Å². The van der Waals surface area contributed by atoms with E-state index in [0.29, 0.717) is 17.1 Å². The average Bonchev–Trinajstić information content (AvgIpc) is 2.80. The quantitative estimate of drug-likeness (QED) is 0.878. The van der Waals surface area contributed by atoms with Gasteiger partial charge < -0.3 is 11.1 Å². The van der Waals surface area contributed by atoms with Crippen molar-refractivity contribution in [3.8, 4) is 0 Å². The van der Waals surface area contributed by atoms with E-state index in [0.717, 1.165) is 31.8 Å². The van der Waals surface area contributed by atoms with Crippen LogP contribution in [0.5, 0.6) is 0 Å². The van der Waals surface area contributed by atoms with E-state index in [9.17, 15) is 9.59 Å². The molecule has 0 radical (unpaired) electrons. The van der Waals surface area contributed by atoms with Gasteiger partial charge in [0.1, 0.15) is 5.00 Å². The molecule has 5 nitrogen and oxygen atoms in total. The fourth-order valence-electron chi connectivity index (χ4n) is 2.19. The number of nitrogens with one attached hydrogen (secondary N) is 1. The fraction of sp³-hybridized carbons (Fsp3) is 0.538. The molecule has 1 aromatic heterocycles. The summed E-state index contributed by atoms with van der Waals surface area (Å²) in [5, 5.41) is 5.06. The van der Waals surface area contributed by atoms with Crippen LogP contribution in [-0.2, 0) is 4.79 Å². The number of carbonyl (C=O) groups is 2. The van der Waals surface area contributed by atoms with Gasteiger partial charge in [0.25, 0.3) is 5.91 Å². The van der Waals surface area contributed by atoms with E-state index in [1.165, 1.54) is 11.3 Å². The van der Waals surface area contributed by atoms with Crippen molar-refractivity contribution in [1.82, 2.24) is 4.90 Å². The van der Waals surface area contributed by atoms with Crippen LogP contribution in [0.4, 0.5) is 5.00 Å². The number of carbonyl (C=O) groups excluding carboxylic acids is 2. The Morgan fingerprint density at radius 2 is 2.16 bits per heavy atom. The molecule has 2 amide bonds. The third-order valence-electron chi connectivity index (χ3n) is 3.43. The number of nitrogens with zero attached hydrogens (tertiary/aromatic N) is 1. The summed E-state index contributed by atoms with van der Waals surface area (Å²) in [4.78, 5) is 25.2. The molecular weight excluding hydrogens is 262 g/mol. The fourth-order valence-corrected chi connectivity index (χ4v) is 3.00. The molecule has 1 fully saturated rings. The zero-order chi connectivity index (χ0) is 13.8. The zero-order valence-corrected chi connectivity index (χ0v) is 11.8. The molecule has 2 heterocycles. The molecule has 0 aliphatic carbocycles. The number of primary amides is 1. The standard InChI is InChI=1S/C13H19N3O2S/c1-9-2-5-16(6-3-9)8-11(17)15-13-10(12(14)18)4-7-19-13/h4,7,9H,2-3,5-6,8H2,1H3,(H2,14,18)(H,15,17). The Hall–Kier alpha value is -1.40. The highest BCUT2D eigenvalue weighted by molar-refractivity contribution is 7.14. The van der Waals surface area contributed by atoms with Crippen LogP contribution in [0.3, 0.4) is 0 Å². The highest BCUT2D eigenvalue weighted by Gasteiger charge is 2.19. The molecule has 104 valence electrons. The number of amides is 2. The maximum Gasteiger partial charge on any atom is 0.251 e. The van der Waals surface area contributed by atoms with Crippen molar-refractivity contribution in [3.05, 3.63) is 17.0 Å². The van der Waals surface area contributed by atoms with Crippen molar-refractivity contribution in [2.75, 3.05) is 25.0 Å². The summed E-state index contributed by atoms with van der Waals surface area (Å²) in [6.45, 7) is 4.54. The number of likely N-dealkylation sites (tertiary alicyclic amines) is 1. The molecule has 1 aliphatic rings. The van der Waals surface area contributed by atoms with Gasteiger partial charge in [-0.2, -0.15) is 0 Å². The molecular formula is C13H19N3O2S. The van der Waals surface area contributed by atoms with E-state index < -0.39 is 5.91 Å². The minimum atomic E-state index is -0.511. The number of thiophene rings is 1. The lowest BCUT2D eigenvalue weighted by atomic mass is 9.99. The Balaban J connectivity index is 1.87. The summed E-state index contributed by atoms with van der Waals surface area (Å²) in [6, 6.07) is 1.63. The van der Waals surface area contributed by atoms with Crippen LogP contribution in [0.15, 0.2) is 11.4 Å². The van der Waals surface area contributed by atoms with Gasteiger partial charge in [-0.1, -0.05) is 6.92 Å². The molecule has 1 aromatic rings.